The molecule has 2 rings (SSSR count). The smallest absolute Gasteiger partial charge is 0.253 e. The van der Waals surface area contributed by atoms with Gasteiger partial charge in [-0.15, -0.1) is 0 Å². The second kappa shape index (κ2) is 4.59. The van der Waals surface area contributed by atoms with Crippen LogP contribution in [0.2, 0.25) is 0 Å². The Morgan fingerprint density at radius 2 is 2.17 bits per heavy atom. The van der Waals surface area contributed by atoms with Crippen LogP contribution in [0.15, 0.2) is 18.2 Å². The SMILES string of the molecule is CC(C)C1(CNC(=O)c2cc(F)ccc2N)CC1. The fourth-order valence-electron chi connectivity index (χ4n) is 2.20. The summed E-state index contributed by atoms with van der Waals surface area (Å²) in [7, 11) is 0. The molecule has 0 atom stereocenters. The number of carbonyl (C=O) groups excluding carboxylic acids is 1. The van der Waals surface area contributed by atoms with Crippen molar-refractivity contribution in [3.8, 4) is 0 Å². The molecule has 1 aromatic rings. The Bertz CT molecular complexity index is 467. The fourth-order valence-corrected chi connectivity index (χ4v) is 2.20. The monoisotopic (exact) mass is 250 g/mol. The van der Waals surface area contributed by atoms with E-state index in [9.17, 15) is 9.18 Å². The first kappa shape index (κ1) is 12.9. The number of rotatable bonds is 4. The molecule has 1 aliphatic rings. The summed E-state index contributed by atoms with van der Waals surface area (Å²) < 4.78 is 13.1. The topological polar surface area (TPSA) is 55.1 Å². The van der Waals surface area contributed by atoms with E-state index in [0.29, 0.717) is 18.2 Å². The minimum atomic E-state index is -0.445. The Balaban J connectivity index is 2.02. The van der Waals surface area contributed by atoms with Crippen LogP contribution >= 0.6 is 0 Å². The van der Waals surface area contributed by atoms with Crippen molar-refractivity contribution in [1.82, 2.24) is 5.32 Å². The first-order valence-electron chi connectivity index (χ1n) is 6.28. The predicted octanol–water partition coefficient (Wildman–Crippen LogP) is 2.57. The lowest BCUT2D eigenvalue weighted by Gasteiger charge is -2.20. The van der Waals surface area contributed by atoms with Gasteiger partial charge in [0.05, 0.1) is 5.56 Å². The van der Waals surface area contributed by atoms with E-state index in [0.717, 1.165) is 12.8 Å². The van der Waals surface area contributed by atoms with Crippen molar-refractivity contribution in [1.29, 1.82) is 0 Å². The molecule has 0 aromatic heterocycles. The van der Waals surface area contributed by atoms with Crippen LogP contribution in [-0.4, -0.2) is 12.5 Å². The van der Waals surface area contributed by atoms with Crippen LogP contribution in [-0.2, 0) is 0 Å². The number of amides is 1. The Hall–Kier alpha value is -1.58. The van der Waals surface area contributed by atoms with Crippen LogP contribution < -0.4 is 11.1 Å². The molecule has 1 aromatic carbocycles. The lowest BCUT2D eigenvalue weighted by Crippen LogP contribution is -2.33. The van der Waals surface area contributed by atoms with Gasteiger partial charge in [0.25, 0.3) is 5.91 Å². The quantitative estimate of drug-likeness (QED) is 0.807. The van der Waals surface area contributed by atoms with Gasteiger partial charge in [-0.2, -0.15) is 0 Å². The maximum atomic E-state index is 13.1. The maximum absolute atomic E-state index is 13.1. The number of hydrogen-bond donors (Lipinski definition) is 2. The van der Waals surface area contributed by atoms with Gasteiger partial charge in [-0.05, 0) is 42.4 Å². The van der Waals surface area contributed by atoms with Crippen molar-refractivity contribution >= 4 is 11.6 Å². The van der Waals surface area contributed by atoms with Gasteiger partial charge in [0.2, 0.25) is 0 Å². The summed E-state index contributed by atoms with van der Waals surface area (Å²) >= 11 is 0. The lowest BCUT2D eigenvalue weighted by molar-refractivity contribution is 0.0940. The number of anilines is 1. The van der Waals surface area contributed by atoms with Gasteiger partial charge in [0.1, 0.15) is 5.82 Å². The Labute approximate surface area is 107 Å². The summed E-state index contributed by atoms with van der Waals surface area (Å²) in [4.78, 5) is 12.0. The largest absolute Gasteiger partial charge is 0.398 e. The zero-order valence-corrected chi connectivity index (χ0v) is 10.8. The fraction of sp³-hybridized carbons (Fsp3) is 0.500. The Kier molecular flexibility index (Phi) is 3.28. The second-order valence-corrected chi connectivity index (χ2v) is 5.43. The molecule has 3 nitrogen and oxygen atoms in total. The van der Waals surface area contributed by atoms with Gasteiger partial charge < -0.3 is 11.1 Å². The zero-order valence-electron chi connectivity index (χ0n) is 10.8. The highest BCUT2D eigenvalue weighted by molar-refractivity contribution is 5.99. The second-order valence-electron chi connectivity index (χ2n) is 5.43. The molecule has 98 valence electrons. The van der Waals surface area contributed by atoms with E-state index >= 15 is 0 Å². The molecule has 0 aliphatic heterocycles. The molecule has 1 fully saturated rings. The summed E-state index contributed by atoms with van der Waals surface area (Å²) in [6.07, 6.45) is 2.28. The summed E-state index contributed by atoms with van der Waals surface area (Å²) in [6.45, 7) is 4.96. The Morgan fingerprint density at radius 1 is 1.50 bits per heavy atom. The standard InChI is InChI=1S/C14H19FN2O/c1-9(2)14(5-6-14)8-17-13(18)11-7-10(15)3-4-12(11)16/h3-4,7,9H,5-6,8,16H2,1-2H3,(H,17,18). The summed E-state index contributed by atoms with van der Waals surface area (Å²) in [6, 6.07) is 3.85. The Morgan fingerprint density at radius 3 is 2.72 bits per heavy atom. The van der Waals surface area contributed by atoms with Crippen molar-refractivity contribution in [2.24, 2.45) is 11.3 Å². The number of benzene rings is 1. The van der Waals surface area contributed by atoms with E-state index in [1.165, 1.54) is 18.2 Å². The lowest BCUT2D eigenvalue weighted by atomic mass is 9.92. The molecule has 0 unspecified atom stereocenters. The average molecular weight is 250 g/mol. The minimum Gasteiger partial charge on any atom is -0.398 e. The van der Waals surface area contributed by atoms with Gasteiger partial charge in [-0.3, -0.25) is 4.79 Å². The first-order valence-corrected chi connectivity index (χ1v) is 6.28. The first-order chi connectivity index (χ1) is 8.44. The normalized spacial score (nSPS) is 16.7. The van der Waals surface area contributed by atoms with Crippen molar-refractivity contribution < 1.29 is 9.18 Å². The molecule has 4 heteroatoms. The molecule has 1 amide bonds. The highest BCUT2D eigenvalue weighted by Gasteiger charge is 2.45. The number of halogens is 1. The predicted molar refractivity (Wildman–Crippen MR) is 69.7 cm³/mol. The third-order valence-corrected chi connectivity index (χ3v) is 3.98. The van der Waals surface area contributed by atoms with Crippen LogP contribution in [0.25, 0.3) is 0 Å². The molecule has 1 aliphatic carbocycles. The molecule has 0 radical (unpaired) electrons. The number of nitrogen functional groups attached to an aromatic ring is 1. The minimum absolute atomic E-state index is 0.217. The van der Waals surface area contributed by atoms with Crippen LogP contribution in [0, 0.1) is 17.2 Å². The molecule has 18 heavy (non-hydrogen) atoms. The van der Waals surface area contributed by atoms with E-state index in [1.54, 1.807) is 0 Å². The third kappa shape index (κ3) is 2.47. The molecule has 0 spiro atoms. The van der Waals surface area contributed by atoms with Crippen LogP contribution in [0.4, 0.5) is 10.1 Å². The van der Waals surface area contributed by atoms with E-state index < -0.39 is 5.82 Å². The van der Waals surface area contributed by atoms with Crippen LogP contribution in [0.3, 0.4) is 0 Å². The van der Waals surface area contributed by atoms with Gasteiger partial charge in [0, 0.05) is 12.2 Å². The molecule has 0 saturated heterocycles. The highest BCUT2D eigenvalue weighted by Crippen LogP contribution is 2.51. The number of nitrogens with two attached hydrogens (primary N) is 1. The summed E-state index contributed by atoms with van der Waals surface area (Å²) in [5.74, 6) is -0.194. The molecular weight excluding hydrogens is 231 g/mol. The average Bonchev–Trinajstić information content (AvgIpc) is 3.10. The van der Waals surface area contributed by atoms with Crippen LogP contribution in [0.5, 0.6) is 0 Å². The van der Waals surface area contributed by atoms with Crippen molar-refractivity contribution in [3.63, 3.8) is 0 Å². The van der Waals surface area contributed by atoms with Gasteiger partial charge in [-0.25, -0.2) is 4.39 Å². The number of carbonyl (C=O) groups is 1. The zero-order chi connectivity index (χ0) is 13.3. The van der Waals surface area contributed by atoms with Gasteiger partial charge in [0.15, 0.2) is 0 Å². The van der Waals surface area contributed by atoms with Crippen molar-refractivity contribution in [2.45, 2.75) is 26.7 Å². The number of hydrogen-bond acceptors (Lipinski definition) is 2. The summed E-state index contributed by atoms with van der Waals surface area (Å²) in [5, 5.41) is 2.87. The molecule has 3 N–H and O–H groups in total. The van der Waals surface area contributed by atoms with Crippen molar-refractivity contribution in [2.75, 3.05) is 12.3 Å². The van der Waals surface area contributed by atoms with Gasteiger partial charge in [-0.1, -0.05) is 13.8 Å². The van der Waals surface area contributed by atoms with E-state index in [-0.39, 0.29) is 16.9 Å². The molecule has 1 saturated carbocycles. The van der Waals surface area contributed by atoms with E-state index in [1.807, 2.05) is 0 Å². The molecule has 0 heterocycles. The van der Waals surface area contributed by atoms with Crippen LogP contribution in [0.1, 0.15) is 37.0 Å². The highest BCUT2D eigenvalue weighted by atomic mass is 19.1. The maximum Gasteiger partial charge on any atom is 0.253 e. The summed E-state index contributed by atoms with van der Waals surface area (Å²) in [5.41, 5.74) is 6.44. The number of nitrogens with one attached hydrogen (secondary N) is 1. The third-order valence-electron chi connectivity index (χ3n) is 3.98. The van der Waals surface area contributed by atoms with Crippen molar-refractivity contribution in [3.05, 3.63) is 29.6 Å². The molecular formula is C14H19FN2O. The van der Waals surface area contributed by atoms with E-state index in [2.05, 4.69) is 19.2 Å². The van der Waals surface area contributed by atoms with E-state index in [4.69, 9.17) is 5.73 Å². The molecule has 0 bridgehead atoms. The van der Waals surface area contributed by atoms with Gasteiger partial charge >= 0.3 is 0 Å².